The number of halogens is 8. The molecule has 11 heteroatoms. The summed E-state index contributed by atoms with van der Waals surface area (Å²) in [6.45, 7) is 0. The van der Waals surface area contributed by atoms with E-state index in [0.29, 0.717) is 0 Å². The highest BCUT2D eigenvalue weighted by atomic mass is 19.4. The van der Waals surface area contributed by atoms with Crippen LogP contribution in [0.2, 0.25) is 0 Å². The van der Waals surface area contributed by atoms with Crippen molar-refractivity contribution in [1.82, 2.24) is 4.98 Å². The predicted molar refractivity (Wildman–Crippen MR) is 43.7 cm³/mol. The van der Waals surface area contributed by atoms with Crippen LogP contribution in [0.1, 0.15) is 17.7 Å². The third kappa shape index (κ3) is 3.83. The molecule has 0 aliphatic carbocycles. The van der Waals surface area contributed by atoms with Gasteiger partial charge in [-0.15, -0.1) is 13.2 Å². The lowest BCUT2D eigenvalue weighted by Gasteiger charge is -2.15. The van der Waals surface area contributed by atoms with Gasteiger partial charge in [0.05, 0.1) is 5.69 Å². The second-order valence-electron chi connectivity index (χ2n) is 3.14. The number of rotatable bonds is 2. The summed E-state index contributed by atoms with van der Waals surface area (Å²) in [5.74, 6) is -2.03. The molecular formula is C8H3F8NO2. The highest BCUT2D eigenvalue weighted by Crippen LogP contribution is 2.37. The van der Waals surface area contributed by atoms with Gasteiger partial charge in [0, 0.05) is 6.07 Å². The van der Waals surface area contributed by atoms with Crippen LogP contribution in [0.4, 0.5) is 35.1 Å². The van der Waals surface area contributed by atoms with E-state index >= 15 is 0 Å². The van der Waals surface area contributed by atoms with Gasteiger partial charge in [0.1, 0.15) is 5.75 Å². The van der Waals surface area contributed by atoms with Crippen molar-refractivity contribution in [2.45, 2.75) is 19.0 Å². The molecule has 19 heavy (non-hydrogen) atoms. The molecule has 0 saturated heterocycles. The van der Waals surface area contributed by atoms with E-state index in [4.69, 9.17) is 0 Å². The van der Waals surface area contributed by atoms with Crippen LogP contribution < -0.4 is 10.3 Å². The molecule has 0 saturated carbocycles. The van der Waals surface area contributed by atoms with Gasteiger partial charge in [-0.1, -0.05) is 0 Å². The first-order valence-corrected chi connectivity index (χ1v) is 4.30. The maximum Gasteiger partial charge on any atom is 0.573 e. The third-order valence-corrected chi connectivity index (χ3v) is 1.76. The van der Waals surface area contributed by atoms with Crippen molar-refractivity contribution in [2.75, 3.05) is 0 Å². The molecule has 0 radical (unpaired) electrons. The molecule has 0 atom stereocenters. The minimum Gasteiger partial charge on any atom is -0.405 e. The number of pyridine rings is 1. The number of alkyl halides is 8. The second-order valence-corrected chi connectivity index (χ2v) is 3.14. The molecule has 1 aromatic heterocycles. The highest BCUT2D eigenvalue weighted by Gasteiger charge is 2.42. The molecule has 0 spiro atoms. The Kier molecular flexibility index (Phi) is 3.77. The smallest absolute Gasteiger partial charge is 0.405 e. The fraction of sp³-hybridized carbons (Fsp3) is 0.375. The molecule has 1 rings (SSSR count). The number of H-pyrrole nitrogens is 1. The third-order valence-electron chi connectivity index (χ3n) is 1.76. The SMILES string of the molecule is O=c1[nH]c(C(F)F)cc(OC(F)(F)F)c1C(F)(F)F. The van der Waals surface area contributed by atoms with Gasteiger partial charge in [-0.25, -0.2) is 8.78 Å². The fourth-order valence-electron chi connectivity index (χ4n) is 1.15. The Morgan fingerprint density at radius 1 is 1.11 bits per heavy atom. The van der Waals surface area contributed by atoms with Crippen molar-refractivity contribution in [3.05, 3.63) is 27.7 Å². The minimum atomic E-state index is -5.56. The molecule has 0 unspecified atom stereocenters. The average Bonchev–Trinajstić information content (AvgIpc) is 2.10. The molecule has 0 aliphatic rings. The summed E-state index contributed by atoms with van der Waals surface area (Å²) in [5.41, 5.74) is -5.91. The van der Waals surface area contributed by atoms with Crippen LogP contribution in [0.5, 0.6) is 5.75 Å². The Morgan fingerprint density at radius 3 is 2.00 bits per heavy atom. The molecule has 1 aromatic rings. The maximum absolute atomic E-state index is 12.4. The van der Waals surface area contributed by atoms with Crippen LogP contribution in [-0.4, -0.2) is 11.3 Å². The molecule has 0 amide bonds. The van der Waals surface area contributed by atoms with Gasteiger partial charge in [-0.3, -0.25) is 4.79 Å². The van der Waals surface area contributed by atoms with Crippen LogP contribution in [-0.2, 0) is 6.18 Å². The first kappa shape index (κ1) is 15.2. The molecule has 1 N–H and O–H groups in total. The van der Waals surface area contributed by atoms with Crippen molar-refractivity contribution < 1.29 is 39.9 Å². The summed E-state index contributed by atoms with van der Waals surface area (Å²) in [5, 5.41) is 0. The molecule has 108 valence electrons. The van der Waals surface area contributed by atoms with Gasteiger partial charge in [0.15, 0.2) is 5.56 Å². The molecule has 0 fully saturated rings. The normalized spacial score (nSPS) is 12.9. The summed E-state index contributed by atoms with van der Waals surface area (Å²) in [7, 11) is 0. The van der Waals surface area contributed by atoms with Crippen LogP contribution in [0.15, 0.2) is 10.9 Å². The van der Waals surface area contributed by atoms with Gasteiger partial charge in [-0.05, 0) is 0 Å². The molecule has 1 heterocycles. The Bertz CT molecular complexity index is 515. The van der Waals surface area contributed by atoms with Crippen LogP contribution in [0.3, 0.4) is 0 Å². The highest BCUT2D eigenvalue weighted by molar-refractivity contribution is 5.36. The predicted octanol–water partition coefficient (Wildman–Crippen LogP) is 3.23. The lowest BCUT2D eigenvalue weighted by atomic mass is 10.2. The van der Waals surface area contributed by atoms with Crippen molar-refractivity contribution in [3.8, 4) is 5.75 Å². The summed E-state index contributed by atoms with van der Waals surface area (Å²) < 4.78 is 100. The molecule has 0 bridgehead atoms. The van der Waals surface area contributed by atoms with E-state index in [1.165, 1.54) is 0 Å². The van der Waals surface area contributed by atoms with Crippen LogP contribution >= 0.6 is 0 Å². The van der Waals surface area contributed by atoms with E-state index in [9.17, 15) is 39.9 Å². The zero-order chi connectivity index (χ0) is 15.0. The van der Waals surface area contributed by atoms with Gasteiger partial charge in [0.2, 0.25) is 0 Å². The van der Waals surface area contributed by atoms with Crippen LogP contribution in [0, 0.1) is 0 Å². The molecule has 0 aromatic carbocycles. The van der Waals surface area contributed by atoms with E-state index in [-0.39, 0.29) is 6.07 Å². The number of ether oxygens (including phenoxy) is 1. The Morgan fingerprint density at radius 2 is 1.63 bits per heavy atom. The number of hydrogen-bond donors (Lipinski definition) is 1. The van der Waals surface area contributed by atoms with Crippen molar-refractivity contribution >= 4 is 0 Å². The van der Waals surface area contributed by atoms with E-state index in [1.807, 2.05) is 0 Å². The number of aromatic nitrogens is 1. The van der Waals surface area contributed by atoms with E-state index < -0.39 is 41.5 Å². The van der Waals surface area contributed by atoms with Crippen molar-refractivity contribution in [1.29, 1.82) is 0 Å². The Labute approximate surface area is 98.3 Å². The first-order valence-electron chi connectivity index (χ1n) is 4.30. The monoisotopic (exact) mass is 297 g/mol. The topological polar surface area (TPSA) is 42.1 Å². The summed E-state index contributed by atoms with van der Waals surface area (Å²) in [6, 6.07) is -0.220. The van der Waals surface area contributed by atoms with Crippen molar-refractivity contribution in [3.63, 3.8) is 0 Å². The fourth-order valence-corrected chi connectivity index (χ4v) is 1.15. The van der Waals surface area contributed by atoms with Crippen molar-refractivity contribution in [2.24, 2.45) is 0 Å². The average molecular weight is 297 g/mol. The maximum atomic E-state index is 12.4. The van der Waals surface area contributed by atoms with E-state index in [0.717, 1.165) is 4.98 Å². The summed E-state index contributed by atoms with van der Waals surface area (Å²) in [6.07, 6.45) is -14.5. The standard InChI is InChI=1S/C8H3F8NO2/c9-5(10)2-1-3(19-8(14,15)16)4(6(18)17-2)7(11,12)13/h1,5H,(H,17,18). The summed E-state index contributed by atoms with van der Waals surface area (Å²) >= 11 is 0. The first-order chi connectivity index (χ1) is 8.42. The number of hydrogen-bond acceptors (Lipinski definition) is 2. The lowest BCUT2D eigenvalue weighted by molar-refractivity contribution is -0.276. The van der Waals surface area contributed by atoms with Gasteiger partial charge in [0.25, 0.3) is 12.0 Å². The Balaban J connectivity index is 3.50. The van der Waals surface area contributed by atoms with E-state index in [2.05, 4.69) is 4.74 Å². The summed E-state index contributed by atoms with van der Waals surface area (Å²) in [4.78, 5) is 12.1. The molecule has 0 aliphatic heterocycles. The van der Waals surface area contributed by atoms with Crippen LogP contribution in [0.25, 0.3) is 0 Å². The Hall–Kier alpha value is -1.81. The van der Waals surface area contributed by atoms with Gasteiger partial charge in [-0.2, -0.15) is 13.2 Å². The molecule has 3 nitrogen and oxygen atoms in total. The van der Waals surface area contributed by atoms with E-state index in [1.54, 1.807) is 0 Å². The zero-order valence-electron chi connectivity index (χ0n) is 8.49. The van der Waals surface area contributed by atoms with Gasteiger partial charge >= 0.3 is 12.5 Å². The van der Waals surface area contributed by atoms with Gasteiger partial charge < -0.3 is 9.72 Å². The number of aromatic amines is 1. The second kappa shape index (κ2) is 4.70. The lowest BCUT2D eigenvalue weighted by Crippen LogP contribution is -2.27. The largest absolute Gasteiger partial charge is 0.573 e. The minimum absolute atomic E-state index is 0.220. The molecular weight excluding hydrogens is 294 g/mol. The number of nitrogens with one attached hydrogen (secondary N) is 1. The zero-order valence-corrected chi connectivity index (χ0v) is 8.49. The quantitative estimate of drug-likeness (QED) is 0.852.